The van der Waals surface area contributed by atoms with Crippen molar-refractivity contribution in [3.63, 3.8) is 0 Å². The minimum absolute atomic E-state index is 0.109. The van der Waals surface area contributed by atoms with Gasteiger partial charge in [0.1, 0.15) is 0 Å². The number of allylic oxidation sites excluding steroid dienone is 2. The average Bonchev–Trinajstić information content (AvgIpc) is 2.47. The Bertz CT molecular complexity index is 457. The van der Waals surface area contributed by atoms with Crippen LogP contribution in [0.2, 0.25) is 0 Å². The highest BCUT2D eigenvalue weighted by Gasteiger charge is 2.18. The van der Waals surface area contributed by atoms with Crippen molar-refractivity contribution < 1.29 is 9.53 Å². The number of nitrogens with zero attached hydrogens (tertiary/aromatic N) is 1. The van der Waals surface area contributed by atoms with Gasteiger partial charge in [0.05, 0.1) is 6.61 Å². The van der Waals surface area contributed by atoms with Gasteiger partial charge in [0.2, 0.25) is 11.8 Å². The van der Waals surface area contributed by atoms with Gasteiger partial charge < -0.3 is 10.1 Å². The zero-order valence-corrected chi connectivity index (χ0v) is 11.3. The Morgan fingerprint density at radius 3 is 3.16 bits per heavy atom. The van der Waals surface area contributed by atoms with Crippen LogP contribution in [0.4, 0.5) is 0 Å². The molecule has 0 unspecified atom stereocenters. The second kappa shape index (κ2) is 6.92. The predicted octanol–water partition coefficient (Wildman–Crippen LogP) is 2.45. The Morgan fingerprint density at radius 1 is 1.53 bits per heavy atom. The summed E-state index contributed by atoms with van der Waals surface area (Å²) in [7, 11) is 0. The maximum Gasteiger partial charge on any atom is 0.223 e. The highest BCUT2D eigenvalue weighted by Crippen LogP contribution is 2.19. The zero-order chi connectivity index (χ0) is 13.5. The number of nitrogens with one attached hydrogen (secondary N) is 1. The summed E-state index contributed by atoms with van der Waals surface area (Å²) in [4.78, 5) is 16.2. The number of pyridine rings is 1. The quantitative estimate of drug-likeness (QED) is 0.827. The van der Waals surface area contributed by atoms with E-state index in [-0.39, 0.29) is 11.8 Å². The first-order valence-corrected chi connectivity index (χ1v) is 6.80. The Balaban J connectivity index is 1.91. The van der Waals surface area contributed by atoms with Crippen molar-refractivity contribution in [1.82, 2.24) is 10.3 Å². The highest BCUT2D eigenvalue weighted by atomic mass is 16.5. The summed E-state index contributed by atoms with van der Waals surface area (Å²) in [6.45, 7) is 2.97. The van der Waals surface area contributed by atoms with Crippen LogP contribution in [0.1, 0.15) is 31.7 Å². The van der Waals surface area contributed by atoms with Crippen LogP contribution in [0.15, 0.2) is 30.5 Å². The summed E-state index contributed by atoms with van der Waals surface area (Å²) in [6, 6.07) is 3.78. The summed E-state index contributed by atoms with van der Waals surface area (Å²) in [5.74, 6) is 0.835. The van der Waals surface area contributed by atoms with Crippen molar-refractivity contribution in [1.29, 1.82) is 0 Å². The number of carbonyl (C=O) groups is 1. The third-order valence-electron chi connectivity index (χ3n) is 3.22. The molecule has 0 saturated heterocycles. The lowest BCUT2D eigenvalue weighted by atomic mass is 9.93. The van der Waals surface area contributed by atoms with Gasteiger partial charge in [0, 0.05) is 24.2 Å². The predicted molar refractivity (Wildman–Crippen MR) is 73.7 cm³/mol. The second-order valence-corrected chi connectivity index (χ2v) is 4.60. The number of rotatable bonds is 5. The Morgan fingerprint density at radius 2 is 2.42 bits per heavy atom. The number of hydrogen-bond donors (Lipinski definition) is 1. The first-order chi connectivity index (χ1) is 9.31. The molecule has 19 heavy (non-hydrogen) atoms. The van der Waals surface area contributed by atoms with Gasteiger partial charge in [-0.15, -0.1) is 0 Å². The molecule has 102 valence electrons. The van der Waals surface area contributed by atoms with Crippen LogP contribution in [-0.2, 0) is 11.3 Å². The minimum Gasteiger partial charge on any atom is -0.478 e. The summed E-state index contributed by atoms with van der Waals surface area (Å²) >= 11 is 0. The van der Waals surface area contributed by atoms with E-state index < -0.39 is 0 Å². The first kappa shape index (κ1) is 13.6. The molecule has 0 aromatic carbocycles. The molecule has 0 spiro atoms. The van der Waals surface area contributed by atoms with E-state index >= 15 is 0 Å². The lowest BCUT2D eigenvalue weighted by molar-refractivity contribution is -0.125. The summed E-state index contributed by atoms with van der Waals surface area (Å²) < 4.78 is 5.44. The molecule has 1 aliphatic rings. The summed E-state index contributed by atoms with van der Waals surface area (Å²) in [5, 5.41) is 2.97. The highest BCUT2D eigenvalue weighted by molar-refractivity contribution is 5.79. The molecule has 0 saturated carbocycles. The molecule has 1 N–H and O–H groups in total. The van der Waals surface area contributed by atoms with E-state index in [1.807, 2.05) is 19.1 Å². The molecular weight excluding hydrogens is 240 g/mol. The molecule has 1 heterocycles. The topological polar surface area (TPSA) is 51.2 Å². The van der Waals surface area contributed by atoms with E-state index in [1.165, 1.54) is 0 Å². The first-order valence-electron chi connectivity index (χ1n) is 6.80. The maximum absolute atomic E-state index is 12.0. The van der Waals surface area contributed by atoms with Gasteiger partial charge in [-0.05, 0) is 32.3 Å². The van der Waals surface area contributed by atoms with E-state index in [0.29, 0.717) is 19.0 Å². The van der Waals surface area contributed by atoms with Crippen molar-refractivity contribution in [2.75, 3.05) is 6.61 Å². The third kappa shape index (κ3) is 3.81. The molecule has 1 aromatic heterocycles. The van der Waals surface area contributed by atoms with Gasteiger partial charge in [-0.25, -0.2) is 4.98 Å². The second-order valence-electron chi connectivity index (χ2n) is 4.60. The SMILES string of the molecule is CCOc1ncccc1CNC(=O)[C@H]1CC=CCC1. The molecule has 2 rings (SSSR count). The summed E-state index contributed by atoms with van der Waals surface area (Å²) in [5.41, 5.74) is 0.920. The average molecular weight is 260 g/mol. The molecule has 1 atom stereocenters. The minimum atomic E-state index is 0.109. The van der Waals surface area contributed by atoms with Gasteiger partial charge in [-0.1, -0.05) is 18.2 Å². The summed E-state index contributed by atoms with van der Waals surface area (Å²) in [6.07, 6.45) is 8.70. The molecule has 1 amide bonds. The van der Waals surface area contributed by atoms with Crippen LogP contribution in [0.3, 0.4) is 0 Å². The molecule has 0 radical (unpaired) electrons. The van der Waals surface area contributed by atoms with Gasteiger partial charge in [-0.2, -0.15) is 0 Å². The lowest BCUT2D eigenvalue weighted by Gasteiger charge is -2.17. The number of aromatic nitrogens is 1. The van der Waals surface area contributed by atoms with Crippen molar-refractivity contribution in [2.45, 2.75) is 32.7 Å². The van der Waals surface area contributed by atoms with Gasteiger partial charge in [-0.3, -0.25) is 4.79 Å². The van der Waals surface area contributed by atoms with E-state index in [2.05, 4.69) is 22.5 Å². The third-order valence-corrected chi connectivity index (χ3v) is 3.22. The van der Waals surface area contributed by atoms with Crippen molar-refractivity contribution in [3.8, 4) is 5.88 Å². The number of hydrogen-bond acceptors (Lipinski definition) is 3. The standard InChI is InChI=1S/C15H20N2O2/c1-2-19-15-13(9-6-10-16-15)11-17-14(18)12-7-4-3-5-8-12/h3-4,6,9-10,12H,2,5,7-8,11H2,1H3,(H,17,18)/t12-/m0/s1. The molecule has 1 aromatic rings. The smallest absolute Gasteiger partial charge is 0.223 e. The Kier molecular flexibility index (Phi) is 4.95. The normalized spacial score (nSPS) is 18.1. The number of carbonyl (C=O) groups excluding carboxylic acids is 1. The Hall–Kier alpha value is -1.84. The van der Waals surface area contributed by atoms with E-state index in [4.69, 9.17) is 4.74 Å². The van der Waals surface area contributed by atoms with Crippen molar-refractivity contribution in [3.05, 3.63) is 36.0 Å². The largest absolute Gasteiger partial charge is 0.478 e. The van der Waals surface area contributed by atoms with Crippen LogP contribution in [0.5, 0.6) is 5.88 Å². The molecule has 4 nitrogen and oxygen atoms in total. The van der Waals surface area contributed by atoms with Gasteiger partial charge in [0.25, 0.3) is 0 Å². The van der Waals surface area contributed by atoms with Crippen LogP contribution in [0.25, 0.3) is 0 Å². The Labute approximate surface area is 113 Å². The van der Waals surface area contributed by atoms with E-state index in [0.717, 1.165) is 24.8 Å². The van der Waals surface area contributed by atoms with E-state index in [1.54, 1.807) is 6.20 Å². The molecule has 0 bridgehead atoms. The molecule has 0 fully saturated rings. The zero-order valence-electron chi connectivity index (χ0n) is 11.3. The van der Waals surface area contributed by atoms with Gasteiger partial charge >= 0.3 is 0 Å². The van der Waals surface area contributed by atoms with Crippen molar-refractivity contribution >= 4 is 5.91 Å². The van der Waals surface area contributed by atoms with Crippen molar-refractivity contribution in [2.24, 2.45) is 5.92 Å². The molecule has 1 aliphatic carbocycles. The fourth-order valence-electron chi connectivity index (χ4n) is 2.18. The van der Waals surface area contributed by atoms with Gasteiger partial charge in [0.15, 0.2) is 0 Å². The van der Waals surface area contributed by atoms with Crippen LogP contribution in [-0.4, -0.2) is 17.5 Å². The fraction of sp³-hybridized carbons (Fsp3) is 0.467. The fourth-order valence-corrected chi connectivity index (χ4v) is 2.18. The van der Waals surface area contributed by atoms with Crippen LogP contribution < -0.4 is 10.1 Å². The van der Waals surface area contributed by atoms with Crippen LogP contribution >= 0.6 is 0 Å². The maximum atomic E-state index is 12.0. The monoisotopic (exact) mass is 260 g/mol. The number of amides is 1. The molecule has 4 heteroatoms. The van der Waals surface area contributed by atoms with Crippen LogP contribution in [0, 0.1) is 5.92 Å². The number of ether oxygens (including phenoxy) is 1. The molecular formula is C15H20N2O2. The van der Waals surface area contributed by atoms with E-state index in [9.17, 15) is 4.79 Å². The molecule has 0 aliphatic heterocycles. The lowest BCUT2D eigenvalue weighted by Crippen LogP contribution is -2.30.